The van der Waals surface area contributed by atoms with Gasteiger partial charge in [0.15, 0.2) is 0 Å². The predicted octanol–water partition coefficient (Wildman–Crippen LogP) is 4.43. The zero-order chi connectivity index (χ0) is 16.4. The smallest absolute Gasteiger partial charge is 0.317 e. The van der Waals surface area contributed by atoms with E-state index in [1.807, 2.05) is 47.4 Å². The summed E-state index contributed by atoms with van der Waals surface area (Å²) in [7, 11) is 0. The molecule has 1 N–H and O–H groups in total. The molecule has 0 bridgehead atoms. The Kier molecular flexibility index (Phi) is 3.87. The molecule has 0 unspecified atom stereocenters. The fourth-order valence-electron chi connectivity index (χ4n) is 2.90. The van der Waals surface area contributed by atoms with Gasteiger partial charge in [-0.1, -0.05) is 30.3 Å². The van der Waals surface area contributed by atoms with Crippen molar-refractivity contribution < 1.29 is 4.79 Å². The molecular weight excluding hydrogens is 298 g/mol. The van der Waals surface area contributed by atoms with Crippen LogP contribution in [0.5, 0.6) is 0 Å². The third-order valence-electron chi connectivity index (χ3n) is 4.35. The molecule has 4 heteroatoms. The molecule has 2 amide bonds. The van der Waals surface area contributed by atoms with E-state index < -0.39 is 0 Å². The van der Waals surface area contributed by atoms with Crippen LogP contribution in [0.3, 0.4) is 0 Å². The third-order valence-corrected chi connectivity index (χ3v) is 4.35. The molecule has 4 rings (SSSR count). The minimum atomic E-state index is -0.0374. The number of pyridine rings is 1. The molecule has 1 aromatic heterocycles. The first kappa shape index (κ1) is 14.7. The van der Waals surface area contributed by atoms with Crippen molar-refractivity contribution in [3.8, 4) is 0 Å². The molecule has 120 valence electrons. The molecule has 4 nitrogen and oxygen atoms in total. The topological polar surface area (TPSA) is 45.2 Å². The van der Waals surface area contributed by atoms with Crippen molar-refractivity contribution in [2.75, 3.05) is 5.32 Å². The van der Waals surface area contributed by atoms with E-state index in [1.54, 1.807) is 12.4 Å². The van der Waals surface area contributed by atoms with Gasteiger partial charge in [-0.2, -0.15) is 0 Å². The highest BCUT2D eigenvalue weighted by atomic mass is 16.2. The van der Waals surface area contributed by atoms with Gasteiger partial charge in [-0.05, 0) is 53.4 Å². The fourth-order valence-corrected chi connectivity index (χ4v) is 2.90. The van der Waals surface area contributed by atoms with Crippen molar-refractivity contribution in [3.05, 3.63) is 72.6 Å². The Morgan fingerprint density at radius 3 is 2.54 bits per heavy atom. The second kappa shape index (κ2) is 6.32. The number of fused-ring (bicyclic) bond motifs is 1. The lowest BCUT2D eigenvalue weighted by Gasteiger charge is -2.23. The van der Waals surface area contributed by atoms with Crippen LogP contribution in [0.15, 0.2) is 67.0 Å². The Morgan fingerprint density at radius 2 is 1.79 bits per heavy atom. The van der Waals surface area contributed by atoms with Gasteiger partial charge in [-0.15, -0.1) is 0 Å². The number of carbonyl (C=O) groups excluding carboxylic acids is 1. The van der Waals surface area contributed by atoms with Crippen LogP contribution >= 0.6 is 0 Å². The zero-order valence-electron chi connectivity index (χ0n) is 13.4. The van der Waals surface area contributed by atoms with Crippen molar-refractivity contribution in [2.24, 2.45) is 0 Å². The molecule has 2 aromatic carbocycles. The van der Waals surface area contributed by atoms with Crippen LogP contribution in [-0.4, -0.2) is 22.0 Å². The van der Waals surface area contributed by atoms with Gasteiger partial charge in [-0.25, -0.2) is 4.79 Å². The SMILES string of the molecule is O=C(Nc1ccc2ccccc2c1)N(Cc1ccncc1)C1CC1. The van der Waals surface area contributed by atoms with E-state index in [-0.39, 0.29) is 6.03 Å². The molecular formula is C20H19N3O. The Balaban J connectivity index is 1.52. The minimum absolute atomic E-state index is 0.0374. The molecule has 0 saturated heterocycles. The minimum Gasteiger partial charge on any atom is -0.317 e. The maximum Gasteiger partial charge on any atom is 0.322 e. The summed E-state index contributed by atoms with van der Waals surface area (Å²) < 4.78 is 0. The van der Waals surface area contributed by atoms with Gasteiger partial charge in [0.2, 0.25) is 0 Å². The number of aromatic nitrogens is 1. The number of carbonyl (C=O) groups is 1. The lowest BCUT2D eigenvalue weighted by molar-refractivity contribution is 0.206. The first-order valence-electron chi connectivity index (χ1n) is 8.25. The molecule has 3 aromatic rings. The molecule has 24 heavy (non-hydrogen) atoms. The van der Waals surface area contributed by atoms with E-state index >= 15 is 0 Å². The molecule has 0 atom stereocenters. The van der Waals surface area contributed by atoms with Crippen LogP contribution in [-0.2, 0) is 6.54 Å². The average molecular weight is 317 g/mol. The van der Waals surface area contributed by atoms with Gasteiger partial charge >= 0.3 is 6.03 Å². The lowest BCUT2D eigenvalue weighted by Crippen LogP contribution is -2.36. The number of nitrogens with zero attached hydrogens (tertiary/aromatic N) is 2. The summed E-state index contributed by atoms with van der Waals surface area (Å²) in [6.07, 6.45) is 5.69. The van der Waals surface area contributed by atoms with Crippen LogP contribution < -0.4 is 5.32 Å². The summed E-state index contributed by atoms with van der Waals surface area (Å²) >= 11 is 0. The number of benzene rings is 2. The van der Waals surface area contributed by atoms with E-state index in [4.69, 9.17) is 0 Å². The van der Waals surface area contributed by atoms with Crippen LogP contribution in [0.25, 0.3) is 10.8 Å². The summed E-state index contributed by atoms with van der Waals surface area (Å²) in [4.78, 5) is 18.7. The van der Waals surface area contributed by atoms with E-state index in [9.17, 15) is 4.79 Å². The first-order valence-corrected chi connectivity index (χ1v) is 8.25. The number of hydrogen-bond donors (Lipinski definition) is 1. The molecule has 1 aliphatic rings. The third kappa shape index (κ3) is 3.23. The van der Waals surface area contributed by atoms with Crippen molar-refractivity contribution in [2.45, 2.75) is 25.4 Å². The van der Waals surface area contributed by atoms with Crippen molar-refractivity contribution in [1.82, 2.24) is 9.88 Å². The second-order valence-electron chi connectivity index (χ2n) is 6.21. The highest BCUT2D eigenvalue weighted by Gasteiger charge is 2.32. The largest absolute Gasteiger partial charge is 0.322 e. The van der Waals surface area contributed by atoms with Gasteiger partial charge in [0.25, 0.3) is 0 Å². The first-order chi connectivity index (χ1) is 11.8. The number of nitrogens with one attached hydrogen (secondary N) is 1. The standard InChI is InChI=1S/C20H19N3O/c24-20(22-18-6-5-16-3-1-2-4-17(16)13-18)23(19-7-8-19)14-15-9-11-21-12-10-15/h1-6,9-13,19H,7-8,14H2,(H,22,24). The lowest BCUT2D eigenvalue weighted by atomic mass is 10.1. The van der Waals surface area contributed by atoms with Gasteiger partial charge in [0.05, 0.1) is 0 Å². The van der Waals surface area contributed by atoms with E-state index in [0.29, 0.717) is 12.6 Å². The highest BCUT2D eigenvalue weighted by molar-refractivity contribution is 5.93. The highest BCUT2D eigenvalue weighted by Crippen LogP contribution is 2.29. The molecule has 0 radical (unpaired) electrons. The van der Waals surface area contributed by atoms with E-state index in [1.165, 1.54) is 5.39 Å². The number of rotatable bonds is 4. The average Bonchev–Trinajstić information content (AvgIpc) is 3.45. The van der Waals surface area contributed by atoms with E-state index in [0.717, 1.165) is 29.5 Å². The van der Waals surface area contributed by atoms with Crippen molar-refractivity contribution in [1.29, 1.82) is 0 Å². The maximum absolute atomic E-state index is 12.7. The van der Waals surface area contributed by atoms with Gasteiger partial charge in [0.1, 0.15) is 0 Å². The normalized spacial score (nSPS) is 13.7. The van der Waals surface area contributed by atoms with Gasteiger partial charge in [0, 0.05) is 30.7 Å². The van der Waals surface area contributed by atoms with Crippen LogP contribution in [0.1, 0.15) is 18.4 Å². The van der Waals surface area contributed by atoms with Crippen LogP contribution in [0, 0.1) is 0 Å². The van der Waals surface area contributed by atoms with Crippen molar-refractivity contribution >= 4 is 22.5 Å². The van der Waals surface area contributed by atoms with Crippen LogP contribution in [0.4, 0.5) is 10.5 Å². The maximum atomic E-state index is 12.7. The Morgan fingerprint density at radius 1 is 1.04 bits per heavy atom. The number of anilines is 1. The molecule has 0 aliphatic heterocycles. The molecule has 0 spiro atoms. The fraction of sp³-hybridized carbons (Fsp3) is 0.200. The predicted molar refractivity (Wildman–Crippen MR) is 95.8 cm³/mol. The summed E-state index contributed by atoms with van der Waals surface area (Å²) in [6, 6.07) is 18.4. The summed E-state index contributed by atoms with van der Waals surface area (Å²) in [5.41, 5.74) is 1.93. The summed E-state index contributed by atoms with van der Waals surface area (Å²) in [6.45, 7) is 0.618. The Hall–Kier alpha value is -2.88. The van der Waals surface area contributed by atoms with E-state index in [2.05, 4.69) is 22.4 Å². The zero-order valence-corrected chi connectivity index (χ0v) is 13.4. The molecule has 1 aliphatic carbocycles. The molecule has 1 saturated carbocycles. The second-order valence-corrected chi connectivity index (χ2v) is 6.21. The van der Waals surface area contributed by atoms with Crippen molar-refractivity contribution in [3.63, 3.8) is 0 Å². The van der Waals surface area contributed by atoms with Gasteiger partial charge in [-0.3, -0.25) is 4.98 Å². The number of urea groups is 1. The molecule has 1 fully saturated rings. The molecule has 1 heterocycles. The van der Waals surface area contributed by atoms with Crippen LogP contribution in [0.2, 0.25) is 0 Å². The van der Waals surface area contributed by atoms with Gasteiger partial charge < -0.3 is 10.2 Å². The number of amides is 2. The quantitative estimate of drug-likeness (QED) is 0.773. The Labute approximate surface area is 141 Å². The summed E-state index contributed by atoms with van der Waals surface area (Å²) in [5.74, 6) is 0. The summed E-state index contributed by atoms with van der Waals surface area (Å²) in [5, 5.41) is 5.35. The Bertz CT molecular complexity index is 859. The number of hydrogen-bond acceptors (Lipinski definition) is 2. The monoisotopic (exact) mass is 317 g/mol.